The van der Waals surface area contributed by atoms with Crippen LogP contribution in [-0.2, 0) is 13.1 Å². The number of nitrogens with zero attached hydrogens (tertiary/aromatic N) is 2. The van der Waals surface area contributed by atoms with Crippen molar-refractivity contribution in [3.05, 3.63) is 63.2 Å². The van der Waals surface area contributed by atoms with Gasteiger partial charge in [0.25, 0.3) is 5.91 Å². The molecule has 44 heavy (non-hydrogen) atoms. The lowest BCUT2D eigenvalue weighted by atomic mass is 9.88. The molecule has 1 aliphatic rings. The van der Waals surface area contributed by atoms with Gasteiger partial charge in [-0.2, -0.15) is 13.2 Å². The van der Waals surface area contributed by atoms with Crippen LogP contribution in [-0.4, -0.2) is 54.4 Å². The minimum Gasteiger partial charge on any atom is -0.492 e. The maximum absolute atomic E-state index is 15.7. The summed E-state index contributed by atoms with van der Waals surface area (Å²) in [6.07, 6.45) is -9.69. The second-order valence-corrected chi connectivity index (χ2v) is 10.9. The molecule has 1 aromatic heterocycles. The number of hydrogen-bond acceptors (Lipinski definition) is 6. The highest BCUT2D eigenvalue weighted by Crippen LogP contribution is 2.41. The first-order valence-electron chi connectivity index (χ1n) is 13.5. The van der Waals surface area contributed by atoms with Gasteiger partial charge in [-0.1, -0.05) is 19.9 Å². The van der Waals surface area contributed by atoms with Crippen LogP contribution in [0.25, 0.3) is 10.9 Å². The Kier molecular flexibility index (Phi) is 9.10. The van der Waals surface area contributed by atoms with E-state index in [1.165, 1.54) is 13.0 Å². The van der Waals surface area contributed by atoms with Crippen molar-refractivity contribution < 1.29 is 50.1 Å². The molecule has 0 bridgehead atoms. The van der Waals surface area contributed by atoms with Gasteiger partial charge in [0.1, 0.15) is 23.5 Å². The minimum absolute atomic E-state index is 0.164. The fraction of sp³-hybridized carbons (Fsp3) is 0.448. The number of aliphatic hydroxyl groups excluding tert-OH is 1. The lowest BCUT2D eigenvalue weighted by molar-refractivity contribution is -0.274. The quantitative estimate of drug-likeness (QED) is 0.343. The molecule has 3 atom stereocenters. The first-order valence-corrected chi connectivity index (χ1v) is 13.5. The summed E-state index contributed by atoms with van der Waals surface area (Å²) in [5.74, 6) is -3.48. The van der Waals surface area contributed by atoms with E-state index in [2.05, 4.69) is 10.1 Å². The largest absolute Gasteiger partial charge is 0.573 e. The number of aromatic nitrogens is 1. The first kappa shape index (κ1) is 32.9. The molecule has 0 spiro atoms. The Morgan fingerprint density at radius 3 is 2.27 bits per heavy atom. The van der Waals surface area contributed by atoms with Crippen molar-refractivity contribution in [3.63, 3.8) is 0 Å². The van der Waals surface area contributed by atoms with E-state index in [1.807, 2.05) is 0 Å². The highest BCUT2D eigenvalue weighted by Gasteiger charge is 2.36. The van der Waals surface area contributed by atoms with Gasteiger partial charge in [-0.25, -0.2) is 4.39 Å². The van der Waals surface area contributed by atoms with Crippen LogP contribution >= 0.6 is 0 Å². The summed E-state index contributed by atoms with van der Waals surface area (Å²) in [7, 11) is 1.12. The number of amides is 1. The van der Waals surface area contributed by atoms with Crippen molar-refractivity contribution in [1.82, 2.24) is 9.88 Å². The molecule has 0 saturated carbocycles. The summed E-state index contributed by atoms with van der Waals surface area (Å²) in [5, 5.41) is 12.2. The molecule has 8 nitrogen and oxygen atoms in total. The Hall–Kier alpha value is -4.01. The van der Waals surface area contributed by atoms with Gasteiger partial charge < -0.3 is 29.4 Å². The molecule has 1 aliphatic heterocycles. The van der Waals surface area contributed by atoms with Crippen LogP contribution in [0.3, 0.4) is 0 Å². The van der Waals surface area contributed by atoms with Crippen LogP contribution in [0.2, 0.25) is 0 Å². The molecule has 240 valence electrons. The molecule has 4 rings (SSSR count). The number of carbonyl (C=O) groups is 1. The molecule has 0 aliphatic carbocycles. The van der Waals surface area contributed by atoms with Crippen molar-refractivity contribution in [3.8, 4) is 11.5 Å². The summed E-state index contributed by atoms with van der Waals surface area (Å²) in [6.45, 7) is 3.34. The van der Waals surface area contributed by atoms with Gasteiger partial charge in [0.05, 0.1) is 24.1 Å². The molecule has 0 radical (unpaired) electrons. The summed E-state index contributed by atoms with van der Waals surface area (Å²) in [6, 6.07) is 4.12. The molecule has 2 N–H and O–H groups in total. The standard InChI is InChI=1S/C29H30F7N3O5/c1-14-7-18(44-29(34,35)36)6-5-17(14)9-37-27(42)20-12-39(13-28(31,32)33)22-19(25(20)41)8-21(30)23(26(22)43-4)38-10-15(2)24(40)16(3)11-38/h5-8,12,15-16,24,40H,9-11,13H2,1-4H3,(H,37,42)/t15-,16+,24?. The van der Waals surface area contributed by atoms with Crippen LogP contribution < -0.4 is 25.1 Å². The number of fused-ring (bicyclic) bond motifs is 1. The van der Waals surface area contributed by atoms with Gasteiger partial charge in [-0.3, -0.25) is 9.59 Å². The Morgan fingerprint density at radius 2 is 1.73 bits per heavy atom. The van der Waals surface area contributed by atoms with E-state index in [1.54, 1.807) is 18.7 Å². The molecule has 3 aromatic rings. The fourth-order valence-corrected chi connectivity index (χ4v) is 5.52. The molecule has 1 amide bonds. The average Bonchev–Trinajstić information content (AvgIpc) is 2.90. The lowest BCUT2D eigenvalue weighted by Gasteiger charge is -2.40. The molecular formula is C29H30F7N3O5. The zero-order valence-electron chi connectivity index (χ0n) is 24.1. The van der Waals surface area contributed by atoms with Gasteiger partial charge >= 0.3 is 12.5 Å². The number of carbonyl (C=O) groups excluding carboxylic acids is 1. The molecule has 1 fully saturated rings. The van der Waals surface area contributed by atoms with E-state index in [9.17, 15) is 41.0 Å². The number of aryl methyl sites for hydroxylation is 1. The van der Waals surface area contributed by atoms with Gasteiger partial charge in [0, 0.05) is 25.8 Å². The number of nitrogens with one attached hydrogen (secondary N) is 1. The number of aliphatic hydroxyl groups is 1. The summed E-state index contributed by atoms with van der Waals surface area (Å²) < 4.78 is 104. The first-order chi connectivity index (χ1) is 20.4. The van der Waals surface area contributed by atoms with E-state index in [0.717, 1.165) is 31.5 Å². The SMILES string of the molecule is COc1c(N2C[C@@H](C)C(O)[C@@H](C)C2)c(F)cc2c(=O)c(C(=O)NCc3ccc(OC(F)(F)F)cc3C)cn(CC(F)(F)F)c12. The van der Waals surface area contributed by atoms with Crippen molar-refractivity contribution in [2.45, 2.75) is 52.5 Å². The summed E-state index contributed by atoms with van der Waals surface area (Å²) >= 11 is 0. The maximum atomic E-state index is 15.7. The van der Waals surface area contributed by atoms with Gasteiger partial charge in [0.15, 0.2) is 11.6 Å². The third-order valence-corrected chi connectivity index (χ3v) is 7.53. The monoisotopic (exact) mass is 633 g/mol. The third-order valence-electron chi connectivity index (χ3n) is 7.53. The number of benzene rings is 2. The average molecular weight is 634 g/mol. The highest BCUT2D eigenvalue weighted by molar-refractivity contribution is 5.99. The lowest BCUT2D eigenvalue weighted by Crippen LogP contribution is -2.47. The minimum atomic E-state index is -4.91. The number of alkyl halides is 6. The molecule has 15 heteroatoms. The van der Waals surface area contributed by atoms with Crippen molar-refractivity contribution in [2.24, 2.45) is 11.8 Å². The summed E-state index contributed by atoms with van der Waals surface area (Å²) in [5.41, 5.74) is -1.67. The highest BCUT2D eigenvalue weighted by atomic mass is 19.4. The molecule has 1 saturated heterocycles. The smallest absolute Gasteiger partial charge is 0.492 e. The predicted octanol–water partition coefficient (Wildman–Crippen LogP) is 5.30. The summed E-state index contributed by atoms with van der Waals surface area (Å²) in [4.78, 5) is 28.1. The van der Waals surface area contributed by atoms with Crippen LogP contribution in [0, 0.1) is 24.6 Å². The predicted molar refractivity (Wildman–Crippen MR) is 146 cm³/mol. The van der Waals surface area contributed by atoms with Crippen LogP contribution in [0.1, 0.15) is 35.3 Å². The van der Waals surface area contributed by atoms with E-state index >= 15 is 4.39 Å². The van der Waals surface area contributed by atoms with Crippen molar-refractivity contribution in [1.29, 1.82) is 0 Å². The molecule has 2 aromatic carbocycles. The van der Waals surface area contributed by atoms with E-state index in [-0.39, 0.29) is 48.4 Å². The Labute approximate surface area is 247 Å². The molecule has 2 heterocycles. The number of methoxy groups -OCH3 is 1. The Morgan fingerprint density at radius 1 is 1.09 bits per heavy atom. The van der Waals surface area contributed by atoms with Crippen molar-refractivity contribution >= 4 is 22.5 Å². The number of pyridine rings is 1. The van der Waals surface area contributed by atoms with E-state index < -0.39 is 59.0 Å². The number of rotatable bonds is 7. The van der Waals surface area contributed by atoms with E-state index in [4.69, 9.17) is 4.74 Å². The molecular weight excluding hydrogens is 603 g/mol. The Balaban J connectivity index is 1.76. The van der Waals surface area contributed by atoms with E-state index in [0.29, 0.717) is 15.7 Å². The second-order valence-electron chi connectivity index (χ2n) is 10.9. The zero-order chi connectivity index (χ0) is 32.7. The second kappa shape index (κ2) is 12.2. The molecule has 1 unspecified atom stereocenters. The topological polar surface area (TPSA) is 93.0 Å². The van der Waals surface area contributed by atoms with Crippen LogP contribution in [0.4, 0.5) is 36.4 Å². The zero-order valence-corrected chi connectivity index (χ0v) is 24.1. The number of ether oxygens (including phenoxy) is 2. The Bertz CT molecular complexity index is 1610. The van der Waals surface area contributed by atoms with Gasteiger partial charge in [-0.15, -0.1) is 13.2 Å². The number of anilines is 1. The normalized spacial score (nSPS) is 19.3. The van der Waals surface area contributed by atoms with Crippen molar-refractivity contribution in [2.75, 3.05) is 25.1 Å². The number of halogens is 7. The van der Waals surface area contributed by atoms with Gasteiger partial charge in [0.2, 0.25) is 5.43 Å². The van der Waals surface area contributed by atoms with Gasteiger partial charge in [-0.05, 0) is 48.1 Å². The number of piperidine rings is 1. The van der Waals surface area contributed by atoms with Crippen LogP contribution in [0.15, 0.2) is 35.3 Å². The third kappa shape index (κ3) is 7.03. The fourth-order valence-electron chi connectivity index (χ4n) is 5.52. The number of hydrogen-bond donors (Lipinski definition) is 2. The maximum Gasteiger partial charge on any atom is 0.573 e. The van der Waals surface area contributed by atoms with Crippen LogP contribution in [0.5, 0.6) is 11.5 Å².